The summed E-state index contributed by atoms with van der Waals surface area (Å²) >= 11 is 0. The van der Waals surface area contributed by atoms with E-state index in [2.05, 4.69) is 0 Å². The van der Waals surface area contributed by atoms with Gasteiger partial charge in [0.25, 0.3) is 11.6 Å². The van der Waals surface area contributed by atoms with Crippen LogP contribution in [-0.2, 0) is 0 Å². The van der Waals surface area contributed by atoms with Gasteiger partial charge in [-0.2, -0.15) is 0 Å². The number of nitro groups is 1. The summed E-state index contributed by atoms with van der Waals surface area (Å²) in [7, 11) is 0. The Balaban J connectivity index is 2.30. The van der Waals surface area contributed by atoms with Crippen LogP contribution in [0.4, 0.5) is 5.69 Å². The van der Waals surface area contributed by atoms with Crippen molar-refractivity contribution < 1.29 is 14.8 Å². The summed E-state index contributed by atoms with van der Waals surface area (Å²) in [6.07, 6.45) is 0.738. The second-order valence-electron chi connectivity index (χ2n) is 4.82. The highest BCUT2D eigenvalue weighted by atomic mass is 16.6. The zero-order valence-corrected chi connectivity index (χ0v) is 10.7. The van der Waals surface area contributed by atoms with E-state index in [9.17, 15) is 14.9 Å². The van der Waals surface area contributed by atoms with Crippen molar-refractivity contribution in [2.24, 2.45) is 5.92 Å². The minimum absolute atomic E-state index is 0.0414. The highest BCUT2D eigenvalue weighted by molar-refractivity contribution is 5.98. The maximum absolute atomic E-state index is 12.3. The van der Waals surface area contributed by atoms with Gasteiger partial charge in [-0.25, -0.2) is 0 Å². The van der Waals surface area contributed by atoms with Crippen molar-refractivity contribution in [3.05, 3.63) is 39.4 Å². The summed E-state index contributed by atoms with van der Waals surface area (Å²) in [6.45, 7) is 2.66. The molecule has 1 heterocycles. The van der Waals surface area contributed by atoms with Gasteiger partial charge in [-0.1, -0.05) is 12.1 Å². The van der Waals surface area contributed by atoms with Crippen molar-refractivity contribution in [3.8, 4) is 0 Å². The van der Waals surface area contributed by atoms with Gasteiger partial charge in [0, 0.05) is 31.2 Å². The predicted molar refractivity (Wildman–Crippen MR) is 68.9 cm³/mol. The number of aliphatic hydroxyl groups is 1. The minimum Gasteiger partial charge on any atom is -0.396 e. The molecule has 1 unspecified atom stereocenters. The van der Waals surface area contributed by atoms with E-state index >= 15 is 0 Å². The summed E-state index contributed by atoms with van der Waals surface area (Å²) < 4.78 is 0. The summed E-state index contributed by atoms with van der Waals surface area (Å²) in [5.41, 5.74) is 0.484. The van der Waals surface area contributed by atoms with E-state index in [1.54, 1.807) is 24.0 Å². The van der Waals surface area contributed by atoms with Gasteiger partial charge in [0.05, 0.1) is 4.92 Å². The fourth-order valence-corrected chi connectivity index (χ4v) is 2.41. The molecule has 1 aliphatic rings. The number of hydrogen-bond donors (Lipinski definition) is 1. The molecule has 19 heavy (non-hydrogen) atoms. The molecule has 1 aliphatic heterocycles. The number of aryl methyl sites for hydroxylation is 1. The van der Waals surface area contributed by atoms with E-state index in [0.717, 1.165) is 6.42 Å². The van der Waals surface area contributed by atoms with Gasteiger partial charge in [0.2, 0.25) is 0 Å². The van der Waals surface area contributed by atoms with Crippen LogP contribution in [-0.4, -0.2) is 40.5 Å². The Kier molecular flexibility index (Phi) is 3.80. The monoisotopic (exact) mass is 264 g/mol. The van der Waals surface area contributed by atoms with E-state index in [1.807, 2.05) is 0 Å². The zero-order valence-electron chi connectivity index (χ0n) is 10.7. The number of carbonyl (C=O) groups is 1. The number of benzene rings is 1. The highest BCUT2D eigenvalue weighted by Gasteiger charge is 2.31. The van der Waals surface area contributed by atoms with Crippen LogP contribution >= 0.6 is 0 Å². The maximum Gasteiger partial charge on any atom is 0.285 e. The molecule has 6 nitrogen and oxygen atoms in total. The second kappa shape index (κ2) is 5.36. The van der Waals surface area contributed by atoms with Crippen molar-refractivity contribution in [1.82, 2.24) is 4.90 Å². The standard InChI is InChI=1S/C13H16N2O4/c1-9-3-2-4-11(12(9)15(18)19)13(17)14-6-5-10(7-14)8-16/h2-4,10,16H,5-8H2,1H3. The van der Waals surface area contributed by atoms with Crippen LogP contribution in [0.1, 0.15) is 22.3 Å². The first-order valence-corrected chi connectivity index (χ1v) is 6.18. The molecule has 102 valence electrons. The SMILES string of the molecule is Cc1cccc(C(=O)N2CCC(CO)C2)c1[N+](=O)[O-]. The summed E-state index contributed by atoms with van der Waals surface area (Å²) in [5.74, 6) is -0.251. The molecule has 1 fully saturated rings. The fraction of sp³-hybridized carbons (Fsp3) is 0.462. The largest absolute Gasteiger partial charge is 0.396 e. The van der Waals surface area contributed by atoms with E-state index < -0.39 is 4.92 Å². The number of rotatable bonds is 3. The normalized spacial score (nSPS) is 18.6. The van der Waals surface area contributed by atoms with E-state index in [4.69, 9.17) is 5.11 Å². The van der Waals surface area contributed by atoms with Crippen molar-refractivity contribution in [2.45, 2.75) is 13.3 Å². The molecule has 1 amide bonds. The molecule has 1 atom stereocenters. The zero-order chi connectivity index (χ0) is 14.0. The third-order valence-corrected chi connectivity index (χ3v) is 3.48. The fourth-order valence-electron chi connectivity index (χ4n) is 2.41. The summed E-state index contributed by atoms with van der Waals surface area (Å²) in [6, 6.07) is 4.75. The Labute approximate surface area is 110 Å². The van der Waals surface area contributed by atoms with Gasteiger partial charge in [0.1, 0.15) is 5.56 Å². The van der Waals surface area contributed by atoms with Crippen LogP contribution in [0.5, 0.6) is 0 Å². The Morgan fingerprint density at radius 1 is 1.58 bits per heavy atom. The van der Waals surface area contributed by atoms with E-state index in [0.29, 0.717) is 18.7 Å². The Morgan fingerprint density at radius 3 is 2.89 bits per heavy atom. The lowest BCUT2D eigenvalue weighted by atomic mass is 10.1. The first-order chi connectivity index (χ1) is 9.04. The topological polar surface area (TPSA) is 83.7 Å². The number of para-hydroxylation sites is 1. The quantitative estimate of drug-likeness (QED) is 0.660. The molecule has 2 rings (SSSR count). The van der Waals surface area contributed by atoms with Gasteiger partial charge in [0.15, 0.2) is 0 Å². The molecule has 0 aliphatic carbocycles. The average Bonchev–Trinajstić information content (AvgIpc) is 2.85. The lowest BCUT2D eigenvalue weighted by molar-refractivity contribution is -0.385. The van der Waals surface area contributed by atoms with Crippen molar-refractivity contribution in [1.29, 1.82) is 0 Å². The number of carbonyl (C=O) groups excluding carboxylic acids is 1. The minimum atomic E-state index is -0.512. The van der Waals surface area contributed by atoms with Gasteiger partial charge in [-0.05, 0) is 19.4 Å². The van der Waals surface area contributed by atoms with Crippen LogP contribution in [0.2, 0.25) is 0 Å². The van der Waals surface area contributed by atoms with Crippen molar-refractivity contribution >= 4 is 11.6 Å². The number of amides is 1. The number of likely N-dealkylation sites (tertiary alicyclic amines) is 1. The van der Waals surface area contributed by atoms with E-state index in [-0.39, 0.29) is 29.7 Å². The molecule has 1 aromatic rings. The van der Waals surface area contributed by atoms with Gasteiger partial charge in [-0.15, -0.1) is 0 Å². The summed E-state index contributed by atoms with van der Waals surface area (Å²) in [4.78, 5) is 24.5. The Hall–Kier alpha value is -1.95. The van der Waals surface area contributed by atoms with E-state index in [1.165, 1.54) is 6.07 Å². The highest BCUT2D eigenvalue weighted by Crippen LogP contribution is 2.26. The molecule has 0 spiro atoms. The first-order valence-electron chi connectivity index (χ1n) is 6.18. The molecular formula is C13H16N2O4. The van der Waals surface area contributed by atoms with Crippen LogP contribution in [0.25, 0.3) is 0 Å². The van der Waals surface area contributed by atoms with Crippen LogP contribution in [0, 0.1) is 23.0 Å². The number of nitro benzene ring substituents is 1. The lowest BCUT2D eigenvalue weighted by Crippen LogP contribution is -2.29. The molecule has 1 saturated heterocycles. The Morgan fingerprint density at radius 2 is 2.32 bits per heavy atom. The first kappa shape index (κ1) is 13.5. The molecule has 0 radical (unpaired) electrons. The van der Waals surface area contributed by atoms with Crippen molar-refractivity contribution in [2.75, 3.05) is 19.7 Å². The lowest BCUT2D eigenvalue weighted by Gasteiger charge is -2.16. The number of nitrogens with zero attached hydrogens (tertiary/aromatic N) is 2. The molecule has 0 saturated carbocycles. The molecular weight excluding hydrogens is 248 g/mol. The molecule has 0 bridgehead atoms. The number of hydrogen-bond acceptors (Lipinski definition) is 4. The van der Waals surface area contributed by atoms with Crippen LogP contribution in [0.15, 0.2) is 18.2 Å². The maximum atomic E-state index is 12.3. The van der Waals surface area contributed by atoms with Gasteiger partial charge >= 0.3 is 0 Å². The molecule has 1 N–H and O–H groups in total. The average molecular weight is 264 g/mol. The summed E-state index contributed by atoms with van der Waals surface area (Å²) in [5, 5.41) is 20.2. The third-order valence-electron chi connectivity index (χ3n) is 3.48. The smallest absolute Gasteiger partial charge is 0.285 e. The molecule has 1 aromatic carbocycles. The Bertz CT molecular complexity index is 515. The predicted octanol–water partition coefficient (Wildman–Crippen LogP) is 1.36. The number of aliphatic hydroxyl groups excluding tert-OH is 1. The van der Waals surface area contributed by atoms with Crippen LogP contribution in [0.3, 0.4) is 0 Å². The van der Waals surface area contributed by atoms with Crippen molar-refractivity contribution in [3.63, 3.8) is 0 Å². The molecule has 0 aromatic heterocycles. The van der Waals surface area contributed by atoms with Crippen LogP contribution < -0.4 is 0 Å². The van der Waals surface area contributed by atoms with Gasteiger partial charge < -0.3 is 10.0 Å². The third kappa shape index (κ3) is 2.58. The van der Waals surface area contributed by atoms with Gasteiger partial charge in [-0.3, -0.25) is 14.9 Å². The second-order valence-corrected chi connectivity index (χ2v) is 4.82. The molecule has 6 heteroatoms.